The van der Waals surface area contributed by atoms with Crippen molar-refractivity contribution in [2.45, 2.75) is 69.9 Å². The Balaban J connectivity index is 1.57. The monoisotopic (exact) mass is 345 g/mol. The molecule has 1 aliphatic heterocycles. The fraction of sp³-hybridized carbons (Fsp3) is 0.600. The molecule has 5 nitrogen and oxygen atoms in total. The Labute approximate surface area is 149 Å². The lowest BCUT2D eigenvalue weighted by atomic mass is 9.98. The van der Waals surface area contributed by atoms with Crippen LogP contribution in [0, 0.1) is 0 Å². The Morgan fingerprint density at radius 1 is 1.28 bits per heavy atom. The number of ether oxygens (including phenoxy) is 1. The molecular weight excluding hydrogens is 318 g/mol. The lowest BCUT2D eigenvalue weighted by molar-refractivity contribution is -0.155. The second-order valence-electron chi connectivity index (χ2n) is 7.40. The molecule has 1 aliphatic carbocycles. The maximum absolute atomic E-state index is 12.5. The van der Waals surface area contributed by atoms with Crippen molar-refractivity contribution in [1.29, 1.82) is 0 Å². The molecule has 1 heterocycles. The summed E-state index contributed by atoms with van der Waals surface area (Å²) in [6, 6.07) is 7.92. The molecule has 1 amide bonds. The van der Waals surface area contributed by atoms with E-state index < -0.39 is 11.5 Å². The third kappa shape index (κ3) is 3.97. The molecule has 1 unspecified atom stereocenters. The molecule has 1 atom stereocenters. The van der Waals surface area contributed by atoms with Gasteiger partial charge in [-0.15, -0.1) is 0 Å². The number of rotatable bonds is 6. The molecule has 1 aromatic carbocycles. The van der Waals surface area contributed by atoms with Crippen molar-refractivity contribution in [2.24, 2.45) is 0 Å². The summed E-state index contributed by atoms with van der Waals surface area (Å²) in [6.45, 7) is 2.18. The second-order valence-corrected chi connectivity index (χ2v) is 7.40. The number of carboxylic acid groups (broad SMARTS) is 1. The van der Waals surface area contributed by atoms with Gasteiger partial charge >= 0.3 is 5.97 Å². The molecule has 0 aromatic heterocycles. The fourth-order valence-electron chi connectivity index (χ4n) is 3.94. The van der Waals surface area contributed by atoms with Crippen LogP contribution in [0.2, 0.25) is 0 Å². The lowest BCUT2D eigenvalue weighted by Crippen LogP contribution is -2.50. The molecule has 136 valence electrons. The number of carbonyl (C=O) groups is 2. The highest BCUT2D eigenvalue weighted by Gasteiger charge is 2.45. The lowest BCUT2D eigenvalue weighted by Gasteiger charge is -2.31. The SMILES string of the molecule is CC1(C(=O)O)CCCN1C(=O)CCc1cccc(OC2CCCC2)c1. The summed E-state index contributed by atoms with van der Waals surface area (Å²) >= 11 is 0. The zero-order valence-corrected chi connectivity index (χ0v) is 14.9. The van der Waals surface area contributed by atoms with Crippen LogP contribution in [-0.4, -0.2) is 40.1 Å². The van der Waals surface area contributed by atoms with Crippen LogP contribution in [0.15, 0.2) is 24.3 Å². The van der Waals surface area contributed by atoms with Crippen LogP contribution in [0.5, 0.6) is 5.75 Å². The number of aryl methyl sites for hydroxylation is 1. The molecule has 1 saturated heterocycles. The predicted octanol–water partition coefficient (Wildman–Crippen LogP) is 3.41. The van der Waals surface area contributed by atoms with Crippen molar-refractivity contribution >= 4 is 11.9 Å². The average Bonchev–Trinajstić information content (AvgIpc) is 3.23. The minimum atomic E-state index is -1.05. The van der Waals surface area contributed by atoms with E-state index in [2.05, 4.69) is 0 Å². The summed E-state index contributed by atoms with van der Waals surface area (Å²) in [5.74, 6) is -0.122. The summed E-state index contributed by atoms with van der Waals surface area (Å²) in [5.41, 5.74) is 0.00455. The number of amides is 1. The van der Waals surface area contributed by atoms with Crippen molar-refractivity contribution in [3.63, 3.8) is 0 Å². The number of hydrogen-bond acceptors (Lipinski definition) is 3. The summed E-state index contributed by atoms with van der Waals surface area (Å²) in [5, 5.41) is 9.44. The van der Waals surface area contributed by atoms with Crippen LogP contribution in [-0.2, 0) is 16.0 Å². The largest absolute Gasteiger partial charge is 0.490 e. The summed E-state index contributed by atoms with van der Waals surface area (Å²) in [7, 11) is 0. The van der Waals surface area contributed by atoms with Crippen LogP contribution >= 0.6 is 0 Å². The van der Waals surface area contributed by atoms with Crippen LogP contribution in [0.25, 0.3) is 0 Å². The highest BCUT2D eigenvalue weighted by atomic mass is 16.5. The second kappa shape index (κ2) is 7.46. The van der Waals surface area contributed by atoms with Crippen molar-refractivity contribution in [1.82, 2.24) is 4.90 Å². The highest BCUT2D eigenvalue weighted by molar-refractivity contribution is 5.87. The van der Waals surface area contributed by atoms with Gasteiger partial charge in [0.1, 0.15) is 11.3 Å². The fourth-order valence-corrected chi connectivity index (χ4v) is 3.94. The van der Waals surface area contributed by atoms with Gasteiger partial charge in [0.2, 0.25) is 5.91 Å². The number of likely N-dealkylation sites (tertiary alicyclic amines) is 1. The smallest absolute Gasteiger partial charge is 0.329 e. The van der Waals surface area contributed by atoms with E-state index in [1.54, 1.807) is 6.92 Å². The molecule has 2 aliphatic rings. The standard InChI is InChI=1S/C20H27NO4/c1-20(19(23)24)12-5-13-21(20)18(22)11-10-15-6-4-9-17(14-15)25-16-7-2-3-8-16/h4,6,9,14,16H,2-3,5,7-8,10-13H2,1H3,(H,23,24). The number of benzene rings is 1. The van der Waals surface area contributed by atoms with E-state index in [-0.39, 0.29) is 5.91 Å². The number of hydrogen-bond donors (Lipinski definition) is 1. The van der Waals surface area contributed by atoms with Crippen LogP contribution < -0.4 is 4.74 Å². The highest BCUT2D eigenvalue weighted by Crippen LogP contribution is 2.30. The quantitative estimate of drug-likeness (QED) is 0.858. The van der Waals surface area contributed by atoms with E-state index >= 15 is 0 Å². The molecule has 0 radical (unpaired) electrons. The van der Waals surface area contributed by atoms with Gasteiger partial charge in [-0.05, 0) is 69.6 Å². The number of carbonyl (C=O) groups excluding carboxylic acids is 1. The third-order valence-electron chi connectivity index (χ3n) is 5.53. The van der Waals surface area contributed by atoms with E-state index in [4.69, 9.17) is 4.74 Å². The molecule has 0 spiro atoms. The first-order valence-electron chi connectivity index (χ1n) is 9.28. The van der Waals surface area contributed by atoms with Gasteiger partial charge in [-0.2, -0.15) is 0 Å². The van der Waals surface area contributed by atoms with Gasteiger partial charge < -0.3 is 14.7 Å². The Kier molecular flexibility index (Phi) is 5.30. The van der Waals surface area contributed by atoms with Gasteiger partial charge in [-0.25, -0.2) is 4.79 Å². The molecule has 25 heavy (non-hydrogen) atoms. The van der Waals surface area contributed by atoms with E-state index in [1.165, 1.54) is 17.7 Å². The zero-order chi connectivity index (χ0) is 17.9. The van der Waals surface area contributed by atoms with Gasteiger partial charge in [-0.3, -0.25) is 4.79 Å². The van der Waals surface area contributed by atoms with Crippen LogP contribution in [0.3, 0.4) is 0 Å². The Hall–Kier alpha value is -2.04. The van der Waals surface area contributed by atoms with Gasteiger partial charge in [0.05, 0.1) is 6.10 Å². The topological polar surface area (TPSA) is 66.8 Å². The first kappa shape index (κ1) is 17.8. The third-order valence-corrected chi connectivity index (χ3v) is 5.53. The van der Waals surface area contributed by atoms with Crippen molar-refractivity contribution in [3.05, 3.63) is 29.8 Å². The van der Waals surface area contributed by atoms with E-state index in [1.807, 2.05) is 24.3 Å². The molecule has 1 N–H and O–H groups in total. The Bertz CT molecular complexity index is 638. The first-order chi connectivity index (χ1) is 12.0. The number of nitrogens with zero attached hydrogens (tertiary/aromatic N) is 1. The Morgan fingerprint density at radius 2 is 2.04 bits per heavy atom. The Morgan fingerprint density at radius 3 is 2.76 bits per heavy atom. The maximum atomic E-state index is 12.5. The van der Waals surface area contributed by atoms with Crippen molar-refractivity contribution in [2.75, 3.05) is 6.54 Å². The van der Waals surface area contributed by atoms with E-state index in [9.17, 15) is 14.7 Å². The average molecular weight is 345 g/mol. The van der Waals surface area contributed by atoms with Gasteiger partial charge in [0.25, 0.3) is 0 Å². The molecule has 0 bridgehead atoms. The van der Waals surface area contributed by atoms with Crippen LogP contribution in [0.4, 0.5) is 0 Å². The summed E-state index contributed by atoms with van der Waals surface area (Å²) in [6.07, 6.45) is 7.23. The molecule has 2 fully saturated rings. The van der Waals surface area contributed by atoms with Gasteiger partial charge in [0, 0.05) is 13.0 Å². The maximum Gasteiger partial charge on any atom is 0.329 e. The zero-order valence-electron chi connectivity index (χ0n) is 14.9. The predicted molar refractivity (Wildman–Crippen MR) is 94.6 cm³/mol. The summed E-state index contributed by atoms with van der Waals surface area (Å²) < 4.78 is 6.01. The van der Waals surface area contributed by atoms with E-state index in [0.29, 0.717) is 31.9 Å². The number of carboxylic acids is 1. The molecule has 1 aromatic rings. The summed E-state index contributed by atoms with van der Waals surface area (Å²) in [4.78, 5) is 25.6. The van der Waals surface area contributed by atoms with Crippen molar-refractivity contribution < 1.29 is 19.4 Å². The van der Waals surface area contributed by atoms with Gasteiger partial charge in [-0.1, -0.05) is 12.1 Å². The molecular formula is C20H27NO4. The minimum absolute atomic E-state index is 0.0792. The first-order valence-corrected chi connectivity index (χ1v) is 9.28. The van der Waals surface area contributed by atoms with Gasteiger partial charge in [0.15, 0.2) is 0 Å². The molecule has 5 heteroatoms. The molecule has 1 saturated carbocycles. The normalized spacial score (nSPS) is 23.8. The van der Waals surface area contributed by atoms with E-state index in [0.717, 1.165) is 30.6 Å². The van der Waals surface area contributed by atoms with Crippen molar-refractivity contribution in [3.8, 4) is 5.75 Å². The number of aliphatic carboxylic acids is 1. The minimum Gasteiger partial charge on any atom is -0.490 e. The van der Waals surface area contributed by atoms with Crippen LogP contribution in [0.1, 0.15) is 57.4 Å². The molecule has 3 rings (SSSR count).